The molecule has 8 nitrogen and oxygen atoms in total. The van der Waals surface area contributed by atoms with Crippen LogP contribution < -0.4 is 5.56 Å². The van der Waals surface area contributed by atoms with E-state index in [-0.39, 0.29) is 17.4 Å². The summed E-state index contributed by atoms with van der Waals surface area (Å²) < 4.78 is 20.8. The van der Waals surface area contributed by atoms with E-state index in [9.17, 15) is 9.18 Å². The van der Waals surface area contributed by atoms with Gasteiger partial charge in [-0.05, 0) is 83.1 Å². The fourth-order valence-electron chi connectivity index (χ4n) is 4.71. The minimum absolute atomic E-state index is 0.119. The normalized spacial score (nSPS) is 12.5. The summed E-state index contributed by atoms with van der Waals surface area (Å²) in [4.78, 5) is 18.4. The summed E-state index contributed by atoms with van der Waals surface area (Å²) in [6.07, 6.45) is 2.34. The maximum absolute atomic E-state index is 13.4. The smallest absolute Gasteiger partial charge is 0.252 e. The zero-order valence-corrected chi connectivity index (χ0v) is 21.1. The minimum Gasteiger partial charge on any atom is -0.468 e. The van der Waals surface area contributed by atoms with Crippen molar-refractivity contribution in [2.24, 2.45) is 0 Å². The molecule has 1 atom stereocenters. The highest BCUT2D eigenvalue weighted by Crippen LogP contribution is 2.27. The van der Waals surface area contributed by atoms with Gasteiger partial charge in [0.2, 0.25) is 0 Å². The zero-order chi connectivity index (χ0) is 25.9. The van der Waals surface area contributed by atoms with Crippen LogP contribution in [0.2, 0.25) is 0 Å². The molecule has 3 heterocycles. The van der Waals surface area contributed by atoms with E-state index < -0.39 is 0 Å². The van der Waals surface area contributed by atoms with E-state index in [1.165, 1.54) is 12.1 Å². The van der Waals surface area contributed by atoms with Gasteiger partial charge in [0.25, 0.3) is 5.56 Å². The largest absolute Gasteiger partial charge is 0.468 e. The first kappa shape index (κ1) is 24.6. The number of benzene rings is 2. The van der Waals surface area contributed by atoms with E-state index in [2.05, 4.69) is 38.4 Å². The number of aromatic nitrogens is 5. The molecule has 0 saturated carbocycles. The van der Waals surface area contributed by atoms with Crippen LogP contribution in [0.25, 0.3) is 10.9 Å². The standard InChI is InChI=1S/C28H29FN6O2/c1-4-25(27-31-32-33-35(27)15-20-8-11-23(29)12-9-20)34(17-24-6-5-13-37-24)16-22-14-21-10-7-18(2)19(3)26(21)30-28(22)36/h5-14,25H,4,15-17H2,1-3H3,(H,30,36)/t25-/m0/s1. The topological polar surface area (TPSA) is 92.8 Å². The van der Waals surface area contributed by atoms with E-state index >= 15 is 0 Å². The molecule has 0 bridgehead atoms. The van der Waals surface area contributed by atoms with Crippen molar-refractivity contribution in [1.29, 1.82) is 0 Å². The van der Waals surface area contributed by atoms with Gasteiger partial charge in [0.15, 0.2) is 5.82 Å². The zero-order valence-electron chi connectivity index (χ0n) is 21.1. The van der Waals surface area contributed by atoms with Crippen molar-refractivity contribution >= 4 is 10.9 Å². The van der Waals surface area contributed by atoms with Gasteiger partial charge in [-0.1, -0.05) is 31.2 Å². The van der Waals surface area contributed by atoms with Gasteiger partial charge in [-0.15, -0.1) is 5.10 Å². The molecule has 37 heavy (non-hydrogen) atoms. The van der Waals surface area contributed by atoms with Crippen molar-refractivity contribution in [1.82, 2.24) is 30.1 Å². The van der Waals surface area contributed by atoms with Crippen LogP contribution in [0.5, 0.6) is 0 Å². The summed E-state index contributed by atoms with van der Waals surface area (Å²) >= 11 is 0. The first-order valence-corrected chi connectivity index (χ1v) is 12.3. The molecule has 0 amide bonds. The number of fused-ring (bicyclic) bond motifs is 1. The van der Waals surface area contributed by atoms with Gasteiger partial charge in [0.1, 0.15) is 11.6 Å². The summed E-state index contributed by atoms with van der Waals surface area (Å²) in [7, 11) is 0. The molecule has 0 aliphatic heterocycles. The molecule has 5 rings (SSSR count). The van der Waals surface area contributed by atoms with E-state index in [4.69, 9.17) is 4.42 Å². The molecule has 0 aliphatic rings. The number of hydrogen-bond donors (Lipinski definition) is 1. The van der Waals surface area contributed by atoms with Crippen LogP contribution in [0, 0.1) is 19.7 Å². The van der Waals surface area contributed by atoms with Crippen LogP contribution in [-0.2, 0) is 19.6 Å². The van der Waals surface area contributed by atoms with Crippen LogP contribution in [0.15, 0.2) is 70.1 Å². The monoisotopic (exact) mass is 500 g/mol. The predicted molar refractivity (Wildman–Crippen MR) is 138 cm³/mol. The Labute approximate surface area is 213 Å². The van der Waals surface area contributed by atoms with Gasteiger partial charge < -0.3 is 9.40 Å². The fraction of sp³-hybridized carbons (Fsp3) is 0.286. The Hall–Kier alpha value is -4.11. The van der Waals surface area contributed by atoms with E-state index in [0.29, 0.717) is 37.4 Å². The second-order valence-electron chi connectivity index (χ2n) is 9.32. The third-order valence-corrected chi connectivity index (χ3v) is 6.87. The number of aromatic amines is 1. The molecule has 0 unspecified atom stereocenters. The molecule has 190 valence electrons. The van der Waals surface area contributed by atoms with E-state index in [0.717, 1.165) is 33.4 Å². The third kappa shape index (κ3) is 5.22. The third-order valence-electron chi connectivity index (χ3n) is 6.87. The first-order chi connectivity index (χ1) is 17.9. The SMILES string of the molecule is CC[C@@H](c1nnnn1Cc1ccc(F)cc1)N(Cc1ccco1)Cc1cc2ccc(C)c(C)c2[nH]c1=O. The van der Waals surface area contributed by atoms with Crippen LogP contribution in [0.4, 0.5) is 4.39 Å². The number of nitrogens with one attached hydrogen (secondary N) is 1. The molecule has 0 saturated heterocycles. The number of furan rings is 1. The number of H-pyrrole nitrogens is 1. The molecule has 5 aromatic rings. The highest BCUT2D eigenvalue weighted by atomic mass is 19.1. The Bertz CT molecular complexity index is 1560. The molecule has 0 radical (unpaired) electrons. The second-order valence-corrected chi connectivity index (χ2v) is 9.32. The first-order valence-electron chi connectivity index (χ1n) is 12.3. The Morgan fingerprint density at radius 1 is 1.11 bits per heavy atom. The minimum atomic E-state index is -0.289. The van der Waals surface area contributed by atoms with Crippen LogP contribution in [-0.4, -0.2) is 30.1 Å². The molecular weight excluding hydrogens is 471 g/mol. The van der Waals surface area contributed by atoms with Crippen molar-refractivity contribution < 1.29 is 8.81 Å². The van der Waals surface area contributed by atoms with Crippen molar-refractivity contribution in [2.45, 2.75) is 52.9 Å². The molecule has 1 N–H and O–H groups in total. The lowest BCUT2D eigenvalue weighted by Gasteiger charge is -2.29. The molecule has 0 spiro atoms. The molecule has 2 aromatic carbocycles. The second kappa shape index (κ2) is 10.5. The van der Waals surface area contributed by atoms with Crippen molar-refractivity contribution in [3.05, 3.63) is 111 Å². The highest BCUT2D eigenvalue weighted by molar-refractivity contribution is 5.83. The molecular formula is C28H29FN6O2. The Morgan fingerprint density at radius 2 is 1.92 bits per heavy atom. The maximum atomic E-state index is 13.4. The molecule has 0 aliphatic carbocycles. The highest BCUT2D eigenvalue weighted by Gasteiger charge is 2.27. The average molecular weight is 501 g/mol. The summed E-state index contributed by atoms with van der Waals surface area (Å²) in [5, 5.41) is 13.5. The number of aryl methyl sites for hydroxylation is 2. The van der Waals surface area contributed by atoms with Gasteiger partial charge in [-0.25, -0.2) is 9.07 Å². The Kier molecular flexibility index (Phi) is 6.96. The van der Waals surface area contributed by atoms with Crippen LogP contribution in [0.3, 0.4) is 0 Å². The van der Waals surface area contributed by atoms with Crippen molar-refractivity contribution in [3.8, 4) is 0 Å². The Balaban J connectivity index is 1.50. The summed E-state index contributed by atoms with van der Waals surface area (Å²) in [5.74, 6) is 1.16. The van der Waals surface area contributed by atoms with Crippen molar-refractivity contribution in [3.63, 3.8) is 0 Å². The number of rotatable bonds is 9. The fourth-order valence-corrected chi connectivity index (χ4v) is 4.71. The molecule has 0 fully saturated rings. The lowest BCUT2D eigenvalue weighted by atomic mass is 10.0. The summed E-state index contributed by atoms with van der Waals surface area (Å²) in [6.45, 7) is 7.37. The number of hydrogen-bond acceptors (Lipinski definition) is 6. The number of pyridine rings is 1. The lowest BCUT2D eigenvalue weighted by molar-refractivity contribution is 0.149. The average Bonchev–Trinajstić information content (AvgIpc) is 3.57. The number of halogens is 1. The maximum Gasteiger partial charge on any atom is 0.252 e. The molecule has 3 aromatic heterocycles. The molecule has 9 heteroatoms. The number of nitrogens with zero attached hydrogens (tertiary/aromatic N) is 5. The van der Waals surface area contributed by atoms with Gasteiger partial charge in [0.05, 0.1) is 30.9 Å². The summed E-state index contributed by atoms with van der Waals surface area (Å²) in [5.41, 5.74) is 4.49. The van der Waals surface area contributed by atoms with Crippen molar-refractivity contribution in [2.75, 3.05) is 0 Å². The lowest BCUT2D eigenvalue weighted by Crippen LogP contribution is -2.32. The van der Waals surface area contributed by atoms with Gasteiger partial charge >= 0.3 is 0 Å². The van der Waals surface area contributed by atoms with Crippen LogP contribution in [0.1, 0.15) is 53.2 Å². The van der Waals surface area contributed by atoms with Gasteiger partial charge in [-0.2, -0.15) is 0 Å². The Morgan fingerprint density at radius 3 is 2.65 bits per heavy atom. The summed E-state index contributed by atoms with van der Waals surface area (Å²) in [6, 6.07) is 15.9. The quantitative estimate of drug-likeness (QED) is 0.304. The van der Waals surface area contributed by atoms with E-state index in [1.54, 1.807) is 23.1 Å². The predicted octanol–water partition coefficient (Wildman–Crippen LogP) is 5.07. The van der Waals surface area contributed by atoms with Crippen LogP contribution >= 0.6 is 0 Å². The van der Waals surface area contributed by atoms with E-state index in [1.807, 2.05) is 38.1 Å². The van der Waals surface area contributed by atoms with Gasteiger partial charge in [0, 0.05) is 12.1 Å². The number of tetrazole rings is 1. The van der Waals surface area contributed by atoms with Gasteiger partial charge in [-0.3, -0.25) is 9.69 Å².